The van der Waals surface area contributed by atoms with E-state index in [1.54, 1.807) is 7.11 Å². The molecule has 1 aromatic carbocycles. The van der Waals surface area contributed by atoms with Crippen molar-refractivity contribution < 1.29 is 4.74 Å². The Labute approximate surface area is 170 Å². The minimum atomic E-state index is 0.552. The molecule has 0 atom stereocenters. The molecule has 1 aromatic heterocycles. The second-order valence-corrected chi connectivity index (χ2v) is 8.43. The van der Waals surface area contributed by atoms with Gasteiger partial charge in [0, 0.05) is 11.6 Å². The first kappa shape index (κ1) is 20.8. The highest BCUT2D eigenvalue weighted by Crippen LogP contribution is 2.34. The molecule has 1 aliphatic rings. The number of aromatic nitrogens is 2. The van der Waals surface area contributed by atoms with Crippen molar-refractivity contribution in [2.75, 3.05) is 7.11 Å². The van der Waals surface area contributed by atoms with E-state index in [0.29, 0.717) is 5.88 Å². The van der Waals surface area contributed by atoms with Crippen molar-refractivity contribution in [2.24, 2.45) is 11.8 Å². The highest BCUT2D eigenvalue weighted by atomic mass is 16.5. The number of rotatable bonds is 10. The maximum atomic E-state index is 5.08. The van der Waals surface area contributed by atoms with Crippen molar-refractivity contribution in [3.63, 3.8) is 0 Å². The van der Waals surface area contributed by atoms with Gasteiger partial charge in [0.2, 0.25) is 5.88 Å². The van der Waals surface area contributed by atoms with E-state index >= 15 is 0 Å². The molecule has 1 heterocycles. The monoisotopic (exact) mass is 380 g/mol. The number of unbranched alkanes of at least 4 members (excludes halogenated alkanes) is 3. The van der Waals surface area contributed by atoms with Crippen molar-refractivity contribution in [3.05, 3.63) is 42.0 Å². The Morgan fingerprint density at radius 1 is 0.821 bits per heavy atom. The maximum absolute atomic E-state index is 5.08. The van der Waals surface area contributed by atoms with Crippen molar-refractivity contribution in [3.8, 4) is 17.1 Å². The zero-order valence-corrected chi connectivity index (χ0v) is 17.7. The SMILES string of the molecule is CCCCCCC1CCC(CCc2ccc(-c3ccc(OC)nn3)cc2)CC1. The molecule has 3 nitrogen and oxygen atoms in total. The molecule has 1 aliphatic carbocycles. The van der Waals surface area contributed by atoms with Crippen LogP contribution in [0.2, 0.25) is 0 Å². The van der Waals surface area contributed by atoms with Crippen molar-refractivity contribution in [2.45, 2.75) is 77.6 Å². The van der Waals surface area contributed by atoms with Gasteiger partial charge in [0.25, 0.3) is 0 Å². The lowest BCUT2D eigenvalue weighted by Crippen LogP contribution is -2.15. The van der Waals surface area contributed by atoms with Gasteiger partial charge in [-0.2, -0.15) is 0 Å². The zero-order chi connectivity index (χ0) is 19.6. The van der Waals surface area contributed by atoms with E-state index in [4.69, 9.17) is 4.74 Å². The van der Waals surface area contributed by atoms with Crippen molar-refractivity contribution in [1.82, 2.24) is 10.2 Å². The Bertz CT molecular complexity index is 673. The predicted molar refractivity (Wildman–Crippen MR) is 117 cm³/mol. The van der Waals surface area contributed by atoms with E-state index in [0.717, 1.165) is 23.1 Å². The molecule has 0 unspecified atom stereocenters. The third kappa shape index (κ3) is 6.32. The van der Waals surface area contributed by atoms with Crippen LogP contribution in [0.5, 0.6) is 5.88 Å². The first-order valence-electron chi connectivity index (χ1n) is 11.3. The fraction of sp³-hybridized carbons (Fsp3) is 0.600. The lowest BCUT2D eigenvalue weighted by Gasteiger charge is -2.28. The molecule has 2 aromatic rings. The number of aryl methyl sites for hydroxylation is 1. The van der Waals surface area contributed by atoms with Crippen LogP contribution in [0.15, 0.2) is 36.4 Å². The smallest absolute Gasteiger partial charge is 0.233 e. The average Bonchev–Trinajstić information content (AvgIpc) is 2.76. The van der Waals surface area contributed by atoms with Crippen LogP contribution in [0.25, 0.3) is 11.3 Å². The molecule has 0 bridgehead atoms. The van der Waals surface area contributed by atoms with Gasteiger partial charge in [0.05, 0.1) is 12.8 Å². The van der Waals surface area contributed by atoms with Crippen LogP contribution in [0, 0.1) is 11.8 Å². The number of hydrogen-bond acceptors (Lipinski definition) is 3. The largest absolute Gasteiger partial charge is 0.480 e. The lowest BCUT2D eigenvalue weighted by atomic mass is 9.77. The second kappa shape index (κ2) is 11.2. The number of benzene rings is 1. The van der Waals surface area contributed by atoms with Gasteiger partial charge < -0.3 is 4.74 Å². The van der Waals surface area contributed by atoms with Crippen LogP contribution in [0.4, 0.5) is 0 Å². The van der Waals surface area contributed by atoms with Crippen LogP contribution >= 0.6 is 0 Å². The molecule has 1 fully saturated rings. The number of methoxy groups -OCH3 is 1. The van der Waals surface area contributed by atoms with Crippen molar-refractivity contribution >= 4 is 0 Å². The van der Waals surface area contributed by atoms with Gasteiger partial charge in [-0.05, 0) is 36.3 Å². The summed E-state index contributed by atoms with van der Waals surface area (Å²) in [4.78, 5) is 0. The van der Waals surface area contributed by atoms with Crippen LogP contribution in [0.1, 0.15) is 76.7 Å². The van der Waals surface area contributed by atoms with E-state index in [-0.39, 0.29) is 0 Å². The normalized spacial score (nSPS) is 19.5. The molecule has 0 spiro atoms. The van der Waals surface area contributed by atoms with Gasteiger partial charge in [-0.3, -0.25) is 0 Å². The molecule has 1 saturated carbocycles. The molecule has 0 saturated heterocycles. The Morgan fingerprint density at radius 3 is 2.14 bits per heavy atom. The zero-order valence-electron chi connectivity index (χ0n) is 17.7. The standard InChI is InChI=1S/C25H36N2O/c1-3-4-5-6-7-20-8-10-21(11-9-20)12-13-22-14-16-23(17-15-22)24-18-19-25(28-2)27-26-24/h14-21H,3-13H2,1-2H3. The molecular weight excluding hydrogens is 344 g/mol. The molecule has 0 N–H and O–H groups in total. The van der Waals surface area contributed by atoms with Gasteiger partial charge in [-0.25, -0.2) is 0 Å². The number of hydrogen-bond donors (Lipinski definition) is 0. The Hall–Kier alpha value is -1.90. The summed E-state index contributed by atoms with van der Waals surface area (Å²) in [5.74, 6) is 2.49. The second-order valence-electron chi connectivity index (χ2n) is 8.43. The molecule has 0 aliphatic heterocycles. The van der Waals surface area contributed by atoms with Crippen LogP contribution < -0.4 is 4.74 Å². The van der Waals surface area contributed by atoms with Crippen LogP contribution in [-0.4, -0.2) is 17.3 Å². The van der Waals surface area contributed by atoms with E-state index in [2.05, 4.69) is 41.4 Å². The average molecular weight is 381 g/mol. The van der Waals surface area contributed by atoms with Gasteiger partial charge in [-0.15, -0.1) is 10.2 Å². The summed E-state index contributed by atoms with van der Waals surface area (Å²) in [5.41, 5.74) is 3.44. The first-order chi connectivity index (χ1) is 13.8. The molecule has 28 heavy (non-hydrogen) atoms. The van der Waals surface area contributed by atoms with Crippen LogP contribution in [-0.2, 0) is 6.42 Å². The molecule has 152 valence electrons. The van der Waals surface area contributed by atoms with Gasteiger partial charge in [0.15, 0.2) is 0 Å². The molecular formula is C25H36N2O. The topological polar surface area (TPSA) is 35.0 Å². The minimum Gasteiger partial charge on any atom is -0.480 e. The molecule has 0 radical (unpaired) electrons. The lowest BCUT2D eigenvalue weighted by molar-refractivity contribution is 0.249. The minimum absolute atomic E-state index is 0.552. The van der Waals surface area contributed by atoms with Gasteiger partial charge >= 0.3 is 0 Å². The summed E-state index contributed by atoms with van der Waals surface area (Å²) in [5, 5.41) is 8.29. The summed E-state index contributed by atoms with van der Waals surface area (Å²) >= 11 is 0. The Kier molecular flexibility index (Phi) is 8.32. The van der Waals surface area contributed by atoms with E-state index in [1.807, 2.05) is 12.1 Å². The highest BCUT2D eigenvalue weighted by Gasteiger charge is 2.20. The van der Waals surface area contributed by atoms with E-state index in [1.165, 1.54) is 76.2 Å². The van der Waals surface area contributed by atoms with Crippen molar-refractivity contribution in [1.29, 1.82) is 0 Å². The van der Waals surface area contributed by atoms with Gasteiger partial charge in [-0.1, -0.05) is 89.0 Å². The van der Waals surface area contributed by atoms with Crippen LogP contribution in [0.3, 0.4) is 0 Å². The quantitative estimate of drug-likeness (QED) is 0.422. The van der Waals surface area contributed by atoms with E-state index < -0.39 is 0 Å². The Balaban J connectivity index is 1.39. The first-order valence-corrected chi connectivity index (χ1v) is 11.3. The summed E-state index contributed by atoms with van der Waals surface area (Å²) in [7, 11) is 1.61. The molecule has 0 amide bonds. The summed E-state index contributed by atoms with van der Waals surface area (Å²) in [6, 6.07) is 12.7. The Morgan fingerprint density at radius 2 is 1.54 bits per heavy atom. The third-order valence-corrected chi connectivity index (χ3v) is 6.37. The maximum Gasteiger partial charge on any atom is 0.233 e. The summed E-state index contributed by atoms with van der Waals surface area (Å²) in [6.45, 7) is 2.30. The fourth-order valence-electron chi connectivity index (χ4n) is 4.46. The highest BCUT2D eigenvalue weighted by molar-refractivity contribution is 5.58. The number of nitrogens with zero attached hydrogens (tertiary/aromatic N) is 2. The van der Waals surface area contributed by atoms with E-state index in [9.17, 15) is 0 Å². The fourth-order valence-corrected chi connectivity index (χ4v) is 4.46. The molecule has 3 heteroatoms. The summed E-state index contributed by atoms with van der Waals surface area (Å²) in [6.07, 6.45) is 15.5. The molecule has 3 rings (SSSR count). The summed E-state index contributed by atoms with van der Waals surface area (Å²) < 4.78 is 5.08. The predicted octanol–water partition coefficient (Wildman–Crippen LogP) is 6.86. The number of ether oxygens (including phenoxy) is 1. The van der Waals surface area contributed by atoms with Gasteiger partial charge in [0.1, 0.15) is 0 Å². The third-order valence-electron chi connectivity index (χ3n) is 6.37.